The van der Waals surface area contributed by atoms with Gasteiger partial charge in [0.05, 0.1) is 54.9 Å². The highest BCUT2D eigenvalue weighted by atomic mass is 16.3. The summed E-state index contributed by atoms with van der Waals surface area (Å²) in [4.78, 5) is 15.8. The van der Waals surface area contributed by atoms with E-state index in [1.54, 1.807) is 18.2 Å². The maximum atomic E-state index is 11.7. The van der Waals surface area contributed by atoms with Crippen LogP contribution in [0.4, 0.5) is 0 Å². The molecule has 13 nitrogen and oxygen atoms in total. The highest BCUT2D eigenvalue weighted by molar-refractivity contribution is 5.96. The summed E-state index contributed by atoms with van der Waals surface area (Å²) in [6.07, 6.45) is 7.16. The van der Waals surface area contributed by atoms with Gasteiger partial charge in [0, 0.05) is 32.2 Å². The van der Waals surface area contributed by atoms with Crippen LogP contribution < -0.4 is 11.1 Å². The Kier molecular flexibility index (Phi) is 27.3. The molecule has 9 unspecified atom stereocenters. The van der Waals surface area contributed by atoms with Gasteiger partial charge in [0.25, 0.3) is 0 Å². The number of nitrogens with one attached hydrogen (secondary N) is 1. The lowest BCUT2D eigenvalue weighted by atomic mass is 10.0. The van der Waals surface area contributed by atoms with Gasteiger partial charge in [-0.3, -0.25) is 15.1 Å². The van der Waals surface area contributed by atoms with Gasteiger partial charge in [-0.1, -0.05) is 63.1 Å². The highest BCUT2D eigenvalue weighted by Crippen LogP contribution is 2.13. The summed E-state index contributed by atoms with van der Waals surface area (Å²) in [6, 6.07) is 0. The number of hydrogen-bond acceptors (Lipinski definition) is 11. The first-order valence-electron chi connectivity index (χ1n) is 17.5. The van der Waals surface area contributed by atoms with E-state index < -0.39 is 54.9 Å². The van der Waals surface area contributed by atoms with Crippen LogP contribution in [-0.2, 0) is 4.79 Å². The second-order valence-corrected chi connectivity index (χ2v) is 12.6. The Labute approximate surface area is 286 Å². The van der Waals surface area contributed by atoms with Crippen molar-refractivity contribution in [2.75, 3.05) is 6.54 Å². The molecule has 0 saturated heterocycles. The van der Waals surface area contributed by atoms with E-state index in [2.05, 4.69) is 17.2 Å². The van der Waals surface area contributed by atoms with Gasteiger partial charge in [-0.2, -0.15) is 0 Å². The number of aliphatic hydroxyl groups excluding tert-OH is 9. The van der Waals surface area contributed by atoms with Gasteiger partial charge in [-0.25, -0.2) is 0 Å². The van der Waals surface area contributed by atoms with Gasteiger partial charge in [0.2, 0.25) is 5.91 Å². The maximum Gasteiger partial charge on any atom is 0.226 e. The lowest BCUT2D eigenvalue weighted by molar-refractivity contribution is -0.119. The molecule has 0 fully saturated rings. The number of nitrogens with zero attached hydrogens (tertiary/aromatic N) is 1. The van der Waals surface area contributed by atoms with Gasteiger partial charge in [0.15, 0.2) is 5.96 Å². The second-order valence-electron chi connectivity index (χ2n) is 12.6. The average molecular weight is 688 g/mol. The van der Waals surface area contributed by atoms with E-state index >= 15 is 0 Å². The first kappa shape index (κ1) is 45.8. The zero-order valence-corrected chi connectivity index (χ0v) is 28.9. The summed E-state index contributed by atoms with van der Waals surface area (Å²) in [5.41, 5.74) is 5.71. The fraction of sp³-hybridized carbons (Fsp3) is 0.771. The van der Waals surface area contributed by atoms with E-state index in [1.807, 2.05) is 6.92 Å². The van der Waals surface area contributed by atoms with Crippen LogP contribution >= 0.6 is 0 Å². The number of guanidine groups is 1. The van der Waals surface area contributed by atoms with Crippen molar-refractivity contribution in [1.29, 1.82) is 0 Å². The Bertz CT molecular complexity index is 932. The van der Waals surface area contributed by atoms with Crippen LogP contribution in [-0.4, -0.2) is 119 Å². The minimum absolute atomic E-state index is 0.0114. The monoisotopic (exact) mass is 687 g/mol. The molecule has 1 amide bonds. The SMILES string of the molecule is CCCCCC(=O)NC(N)=NCCCC(O)CC(O)C/C=C/C(O)CC(O)C/C=C/C(O)CC(O)CC(O)C/C=C/C(O)CC(O)CC. The Balaban J connectivity index is 4.20. The quantitative estimate of drug-likeness (QED) is 0.0242. The molecule has 0 spiro atoms. The molecule has 13 heteroatoms. The summed E-state index contributed by atoms with van der Waals surface area (Å²) in [5.74, 6) is -0.110. The fourth-order valence-corrected chi connectivity index (χ4v) is 4.85. The Morgan fingerprint density at radius 1 is 0.625 bits per heavy atom. The predicted octanol–water partition coefficient (Wildman–Crippen LogP) is 1.23. The first-order valence-corrected chi connectivity index (χ1v) is 17.5. The molecule has 280 valence electrons. The molecule has 48 heavy (non-hydrogen) atoms. The summed E-state index contributed by atoms with van der Waals surface area (Å²) in [5, 5.41) is 93.0. The predicted molar refractivity (Wildman–Crippen MR) is 187 cm³/mol. The molecule has 0 aliphatic carbocycles. The van der Waals surface area contributed by atoms with Gasteiger partial charge >= 0.3 is 0 Å². The van der Waals surface area contributed by atoms with Crippen molar-refractivity contribution >= 4 is 11.9 Å². The molecule has 0 aliphatic heterocycles. The molecular formula is C35H65N3O10. The van der Waals surface area contributed by atoms with E-state index in [9.17, 15) is 50.8 Å². The normalized spacial score (nSPS) is 18.5. The van der Waals surface area contributed by atoms with Gasteiger partial charge in [-0.05, 0) is 57.8 Å². The Morgan fingerprint density at radius 3 is 1.58 bits per heavy atom. The van der Waals surface area contributed by atoms with Crippen LogP contribution in [0, 0.1) is 0 Å². The van der Waals surface area contributed by atoms with Crippen molar-refractivity contribution in [1.82, 2.24) is 5.32 Å². The maximum absolute atomic E-state index is 11.7. The molecule has 0 heterocycles. The van der Waals surface area contributed by atoms with Crippen LogP contribution in [0.3, 0.4) is 0 Å². The molecule has 9 atom stereocenters. The molecule has 0 bridgehead atoms. The van der Waals surface area contributed by atoms with Crippen molar-refractivity contribution in [3.05, 3.63) is 36.5 Å². The first-order chi connectivity index (χ1) is 22.7. The van der Waals surface area contributed by atoms with Gasteiger partial charge in [-0.15, -0.1) is 0 Å². The van der Waals surface area contributed by atoms with E-state index in [-0.39, 0.29) is 63.2 Å². The van der Waals surface area contributed by atoms with Crippen molar-refractivity contribution in [3.63, 3.8) is 0 Å². The largest absolute Gasteiger partial charge is 0.393 e. The number of hydrogen-bond donors (Lipinski definition) is 11. The summed E-state index contributed by atoms with van der Waals surface area (Å²) in [7, 11) is 0. The van der Waals surface area contributed by atoms with Crippen LogP contribution in [0.15, 0.2) is 41.4 Å². The minimum Gasteiger partial charge on any atom is -0.393 e. The number of amides is 1. The van der Waals surface area contributed by atoms with Crippen molar-refractivity contribution in [2.45, 2.75) is 165 Å². The third-order valence-corrected chi connectivity index (χ3v) is 7.65. The van der Waals surface area contributed by atoms with Crippen molar-refractivity contribution < 1.29 is 50.8 Å². The number of aliphatic hydroxyl groups is 9. The molecular weight excluding hydrogens is 622 g/mol. The summed E-state index contributed by atoms with van der Waals surface area (Å²) in [6.45, 7) is 4.21. The van der Waals surface area contributed by atoms with E-state index in [0.717, 1.165) is 19.3 Å². The fourth-order valence-electron chi connectivity index (χ4n) is 4.85. The number of aliphatic imine (C=N–C) groups is 1. The molecule has 0 rings (SSSR count). The molecule has 0 aliphatic rings. The number of nitrogens with two attached hydrogens (primary N) is 1. The molecule has 0 aromatic heterocycles. The van der Waals surface area contributed by atoms with Crippen molar-refractivity contribution in [3.8, 4) is 0 Å². The summed E-state index contributed by atoms with van der Waals surface area (Å²) >= 11 is 0. The zero-order chi connectivity index (χ0) is 36.3. The topological polar surface area (TPSA) is 250 Å². The molecule has 12 N–H and O–H groups in total. The minimum atomic E-state index is -0.993. The van der Waals surface area contributed by atoms with Gasteiger partial charge < -0.3 is 51.7 Å². The lowest BCUT2D eigenvalue weighted by Crippen LogP contribution is -2.36. The van der Waals surface area contributed by atoms with E-state index in [0.29, 0.717) is 32.2 Å². The average Bonchev–Trinajstić information content (AvgIpc) is 2.99. The van der Waals surface area contributed by atoms with Crippen LogP contribution in [0.25, 0.3) is 0 Å². The highest BCUT2D eigenvalue weighted by Gasteiger charge is 2.16. The third kappa shape index (κ3) is 27.7. The van der Waals surface area contributed by atoms with Crippen LogP contribution in [0.2, 0.25) is 0 Å². The zero-order valence-electron chi connectivity index (χ0n) is 28.9. The molecule has 0 aromatic carbocycles. The molecule has 0 radical (unpaired) electrons. The number of carbonyl (C=O) groups excluding carboxylic acids is 1. The lowest BCUT2D eigenvalue weighted by Gasteiger charge is -2.17. The standard InChI is InChI=1S/C35H65N3O10/c1-3-5-6-18-34(48)38-35(36)37-19-10-17-32(46)22-29(43)13-8-12-27(41)21-28(42)14-9-16-31(45)24-33(47)23-30(44)15-7-11-26(40)20-25(39)4-2/h7-9,11-12,16,25-33,39-47H,3-6,10,13-15,17-24H2,1-2H3,(H3,36,37,38,48)/b11-7+,12-8+,16-9+. The number of unbranched alkanes of at least 4 members (excludes halogenated alkanes) is 2. The van der Waals surface area contributed by atoms with E-state index in [1.165, 1.54) is 18.2 Å². The molecule has 0 aromatic rings. The van der Waals surface area contributed by atoms with E-state index in [4.69, 9.17) is 5.73 Å². The molecule has 0 saturated carbocycles. The number of carbonyl (C=O) groups is 1. The van der Waals surface area contributed by atoms with Crippen molar-refractivity contribution in [2.24, 2.45) is 10.7 Å². The Morgan fingerprint density at radius 2 is 1.08 bits per heavy atom. The second kappa shape index (κ2) is 28.6. The van der Waals surface area contributed by atoms with Gasteiger partial charge in [0.1, 0.15) is 0 Å². The third-order valence-electron chi connectivity index (χ3n) is 7.65. The Hall–Kier alpha value is -2.20. The summed E-state index contributed by atoms with van der Waals surface area (Å²) < 4.78 is 0. The van der Waals surface area contributed by atoms with Crippen LogP contribution in [0.5, 0.6) is 0 Å². The smallest absolute Gasteiger partial charge is 0.226 e. The number of rotatable bonds is 28. The van der Waals surface area contributed by atoms with Crippen LogP contribution in [0.1, 0.15) is 110 Å².